The quantitative estimate of drug-likeness (QED) is 0.799. The molecule has 0 saturated heterocycles. The summed E-state index contributed by atoms with van der Waals surface area (Å²) in [4.78, 5) is 23.7. The molecule has 1 aliphatic rings. The monoisotopic (exact) mass is 305 g/mol. The van der Waals surface area contributed by atoms with Crippen molar-refractivity contribution in [2.45, 2.75) is 52.3 Å². The first-order valence-corrected chi connectivity index (χ1v) is 7.36. The molecule has 2 atom stereocenters. The van der Waals surface area contributed by atoms with E-state index in [9.17, 15) is 9.59 Å². The lowest BCUT2D eigenvalue weighted by Crippen LogP contribution is -2.47. The van der Waals surface area contributed by atoms with Crippen LogP contribution in [0.15, 0.2) is 18.2 Å². The number of hydrogen-bond acceptors (Lipinski definition) is 4. The maximum absolute atomic E-state index is 12.1. The number of ether oxygens (including phenoxy) is 1. The van der Waals surface area contributed by atoms with E-state index in [0.717, 1.165) is 5.69 Å². The van der Waals surface area contributed by atoms with Gasteiger partial charge in [0.25, 0.3) is 5.91 Å². The molecule has 0 aliphatic carbocycles. The van der Waals surface area contributed by atoms with Gasteiger partial charge >= 0.3 is 0 Å². The normalized spacial score (nSPS) is 18.6. The van der Waals surface area contributed by atoms with Crippen molar-refractivity contribution in [2.75, 3.05) is 10.6 Å². The molecule has 0 bridgehead atoms. The average molecular weight is 305 g/mol. The van der Waals surface area contributed by atoms with E-state index in [0.29, 0.717) is 11.4 Å². The van der Waals surface area contributed by atoms with Crippen LogP contribution in [-0.2, 0) is 9.59 Å². The Morgan fingerprint density at radius 3 is 2.68 bits per heavy atom. The number of benzene rings is 1. The van der Waals surface area contributed by atoms with Crippen molar-refractivity contribution in [1.82, 2.24) is 5.32 Å². The van der Waals surface area contributed by atoms with Crippen LogP contribution in [0.4, 0.5) is 11.4 Å². The number of carbonyl (C=O) groups is 2. The van der Waals surface area contributed by atoms with Gasteiger partial charge in [-0.2, -0.15) is 0 Å². The second-order valence-electron chi connectivity index (χ2n) is 6.57. The summed E-state index contributed by atoms with van der Waals surface area (Å²) < 4.78 is 5.50. The minimum Gasteiger partial charge on any atom is -0.479 e. The third-order valence-electron chi connectivity index (χ3n) is 3.19. The van der Waals surface area contributed by atoms with Crippen molar-refractivity contribution in [2.24, 2.45) is 0 Å². The van der Waals surface area contributed by atoms with E-state index in [1.807, 2.05) is 26.8 Å². The Bertz CT molecular complexity index is 593. The van der Waals surface area contributed by atoms with Crippen LogP contribution < -0.4 is 20.7 Å². The molecular formula is C16H23N3O3. The third kappa shape index (κ3) is 3.90. The smallest absolute Gasteiger partial charge is 0.265 e. The van der Waals surface area contributed by atoms with Crippen LogP contribution in [-0.4, -0.2) is 29.5 Å². The van der Waals surface area contributed by atoms with Crippen LogP contribution in [0.1, 0.15) is 34.6 Å². The molecule has 1 aliphatic heterocycles. The SMILES string of the molecule is C[C@@H](Nc1ccc2c(c1)NC(=O)[C@@H](C)O2)C(=O)NC(C)(C)C. The van der Waals surface area contributed by atoms with Crippen LogP contribution in [0.5, 0.6) is 5.75 Å². The Morgan fingerprint density at radius 1 is 1.36 bits per heavy atom. The van der Waals surface area contributed by atoms with Gasteiger partial charge in [0.2, 0.25) is 5.91 Å². The van der Waals surface area contributed by atoms with E-state index in [1.165, 1.54) is 0 Å². The molecule has 1 aromatic rings. The molecule has 0 unspecified atom stereocenters. The topological polar surface area (TPSA) is 79.5 Å². The highest BCUT2D eigenvalue weighted by Gasteiger charge is 2.24. The summed E-state index contributed by atoms with van der Waals surface area (Å²) >= 11 is 0. The summed E-state index contributed by atoms with van der Waals surface area (Å²) in [5, 5.41) is 8.83. The Hall–Kier alpha value is -2.24. The van der Waals surface area contributed by atoms with Crippen LogP contribution in [0.2, 0.25) is 0 Å². The summed E-state index contributed by atoms with van der Waals surface area (Å²) in [6, 6.07) is 4.97. The fraction of sp³-hybridized carbons (Fsp3) is 0.500. The summed E-state index contributed by atoms with van der Waals surface area (Å²) in [6.45, 7) is 9.29. The van der Waals surface area contributed by atoms with Gasteiger partial charge in [-0.05, 0) is 52.8 Å². The zero-order chi connectivity index (χ0) is 16.5. The molecule has 1 heterocycles. The first-order chi connectivity index (χ1) is 10.2. The number of carbonyl (C=O) groups excluding carboxylic acids is 2. The molecule has 0 radical (unpaired) electrons. The molecular weight excluding hydrogens is 282 g/mol. The Morgan fingerprint density at radius 2 is 2.05 bits per heavy atom. The van der Waals surface area contributed by atoms with E-state index in [-0.39, 0.29) is 17.4 Å². The van der Waals surface area contributed by atoms with Gasteiger partial charge in [0.1, 0.15) is 11.8 Å². The lowest BCUT2D eigenvalue weighted by atomic mass is 10.1. The summed E-state index contributed by atoms with van der Waals surface area (Å²) in [6.07, 6.45) is -0.497. The third-order valence-corrected chi connectivity index (χ3v) is 3.19. The molecule has 3 N–H and O–H groups in total. The fourth-order valence-electron chi connectivity index (χ4n) is 2.09. The van der Waals surface area contributed by atoms with Crippen molar-refractivity contribution in [1.29, 1.82) is 0 Å². The van der Waals surface area contributed by atoms with E-state index in [4.69, 9.17) is 4.74 Å². The number of amides is 2. The first kappa shape index (κ1) is 16.1. The molecule has 6 heteroatoms. The molecule has 6 nitrogen and oxygen atoms in total. The summed E-state index contributed by atoms with van der Waals surface area (Å²) in [5.41, 5.74) is 1.08. The van der Waals surface area contributed by atoms with E-state index in [2.05, 4.69) is 16.0 Å². The van der Waals surface area contributed by atoms with Crippen LogP contribution in [0, 0.1) is 0 Å². The van der Waals surface area contributed by atoms with E-state index >= 15 is 0 Å². The molecule has 1 aromatic carbocycles. The number of anilines is 2. The van der Waals surface area contributed by atoms with Crippen molar-refractivity contribution in [3.8, 4) is 5.75 Å². The second kappa shape index (κ2) is 5.87. The van der Waals surface area contributed by atoms with Crippen molar-refractivity contribution in [3.63, 3.8) is 0 Å². The van der Waals surface area contributed by atoms with Gasteiger partial charge in [0.15, 0.2) is 6.10 Å². The largest absolute Gasteiger partial charge is 0.479 e. The molecule has 120 valence electrons. The molecule has 0 fully saturated rings. The van der Waals surface area contributed by atoms with E-state index < -0.39 is 12.1 Å². The van der Waals surface area contributed by atoms with Crippen LogP contribution in [0.25, 0.3) is 0 Å². The highest BCUT2D eigenvalue weighted by atomic mass is 16.5. The average Bonchev–Trinajstić information content (AvgIpc) is 2.38. The van der Waals surface area contributed by atoms with Crippen LogP contribution in [0.3, 0.4) is 0 Å². The minimum absolute atomic E-state index is 0.0841. The number of fused-ring (bicyclic) bond motifs is 1. The molecule has 0 spiro atoms. The standard InChI is InChI=1S/C16H23N3O3/c1-9(14(20)19-16(3,4)5)17-11-6-7-13-12(8-11)18-15(21)10(2)22-13/h6-10,17H,1-5H3,(H,18,21)(H,19,20)/t9-,10-/m1/s1. The first-order valence-electron chi connectivity index (χ1n) is 7.36. The number of hydrogen-bond donors (Lipinski definition) is 3. The zero-order valence-corrected chi connectivity index (χ0v) is 13.6. The van der Waals surface area contributed by atoms with Crippen molar-refractivity contribution >= 4 is 23.2 Å². The Balaban J connectivity index is 2.07. The van der Waals surface area contributed by atoms with Gasteiger partial charge in [0, 0.05) is 11.2 Å². The van der Waals surface area contributed by atoms with Gasteiger partial charge in [-0.25, -0.2) is 0 Å². The number of rotatable bonds is 3. The van der Waals surface area contributed by atoms with Crippen molar-refractivity contribution < 1.29 is 14.3 Å². The highest BCUT2D eigenvalue weighted by molar-refractivity contribution is 5.98. The Kier molecular flexibility index (Phi) is 4.30. The lowest BCUT2D eigenvalue weighted by Gasteiger charge is -2.26. The van der Waals surface area contributed by atoms with E-state index in [1.54, 1.807) is 26.0 Å². The zero-order valence-electron chi connectivity index (χ0n) is 13.6. The predicted molar refractivity (Wildman–Crippen MR) is 86.1 cm³/mol. The summed E-state index contributed by atoms with van der Waals surface area (Å²) in [5.74, 6) is 0.367. The van der Waals surface area contributed by atoms with Gasteiger partial charge in [-0.1, -0.05) is 0 Å². The maximum Gasteiger partial charge on any atom is 0.265 e. The fourth-order valence-corrected chi connectivity index (χ4v) is 2.09. The van der Waals surface area contributed by atoms with Crippen molar-refractivity contribution in [3.05, 3.63) is 18.2 Å². The van der Waals surface area contributed by atoms with Crippen LogP contribution >= 0.6 is 0 Å². The molecule has 0 aromatic heterocycles. The molecule has 2 amide bonds. The highest BCUT2D eigenvalue weighted by Crippen LogP contribution is 2.32. The van der Waals surface area contributed by atoms with Gasteiger partial charge in [-0.15, -0.1) is 0 Å². The molecule has 0 saturated carbocycles. The lowest BCUT2D eigenvalue weighted by molar-refractivity contribution is -0.123. The molecule has 22 heavy (non-hydrogen) atoms. The molecule has 2 rings (SSSR count). The number of nitrogens with one attached hydrogen (secondary N) is 3. The van der Waals surface area contributed by atoms with Gasteiger partial charge in [-0.3, -0.25) is 9.59 Å². The maximum atomic E-state index is 12.1. The Labute approximate surface area is 130 Å². The summed E-state index contributed by atoms with van der Waals surface area (Å²) in [7, 11) is 0. The predicted octanol–water partition coefficient (Wildman–Crippen LogP) is 2.12. The van der Waals surface area contributed by atoms with Gasteiger partial charge in [0.05, 0.1) is 5.69 Å². The second-order valence-corrected chi connectivity index (χ2v) is 6.57. The van der Waals surface area contributed by atoms with Gasteiger partial charge < -0.3 is 20.7 Å². The minimum atomic E-state index is -0.497.